The number of benzene rings is 2. The molecule has 1 amide bonds. The molecule has 8 nitrogen and oxygen atoms in total. The largest absolute Gasteiger partial charge is 0.461 e. The fourth-order valence-corrected chi connectivity index (χ4v) is 8.55. The van der Waals surface area contributed by atoms with Gasteiger partial charge in [0.1, 0.15) is 18.6 Å². The third kappa shape index (κ3) is 4.83. The standard InChI is InChI=1S/C35H36F2N6O2/c1-21(36)33(44)43-13-12-41(19-26(43)8-10-38)32-28-7-6-22(27-5-2-4-23-14-24-15-29(24)31(23)27)16-30(28)39-34(40-32)45-20-35-9-3-11-42(35)18-25(37)17-35/h2,4-7,16,24-26,29H,1,3,8-9,11-15,17-20H2/t24?,25-,26+,29-,35?/m1/s1. The maximum absolute atomic E-state index is 14.5. The van der Waals surface area contributed by atoms with E-state index in [1.54, 1.807) is 0 Å². The van der Waals surface area contributed by atoms with Gasteiger partial charge in [0.05, 0.1) is 29.6 Å². The highest BCUT2D eigenvalue weighted by atomic mass is 19.1. The number of nitrogens with zero attached hydrogens (tertiary/aromatic N) is 6. The molecule has 0 radical (unpaired) electrons. The second-order valence-electron chi connectivity index (χ2n) is 13.5. The number of carbonyl (C=O) groups is 1. The third-order valence-electron chi connectivity index (χ3n) is 10.8. The average Bonchev–Trinajstić information content (AvgIpc) is 3.36. The molecule has 5 atom stereocenters. The number of amides is 1. The molecule has 5 aliphatic rings. The lowest BCUT2D eigenvalue weighted by Crippen LogP contribution is -2.55. The van der Waals surface area contributed by atoms with Crippen LogP contribution in [-0.4, -0.2) is 82.8 Å². The van der Waals surface area contributed by atoms with Crippen LogP contribution >= 0.6 is 0 Å². The Hall–Kier alpha value is -4.10. The number of ether oxygens (including phenoxy) is 1. The summed E-state index contributed by atoms with van der Waals surface area (Å²) >= 11 is 0. The van der Waals surface area contributed by atoms with Gasteiger partial charge in [0.2, 0.25) is 0 Å². The second kappa shape index (κ2) is 10.8. The molecule has 45 heavy (non-hydrogen) atoms. The van der Waals surface area contributed by atoms with Crippen LogP contribution in [0.1, 0.15) is 49.1 Å². The van der Waals surface area contributed by atoms with Crippen molar-refractivity contribution in [2.45, 2.75) is 62.2 Å². The number of nitriles is 1. The Morgan fingerprint density at radius 1 is 1.18 bits per heavy atom. The topological polar surface area (TPSA) is 85.6 Å². The SMILES string of the molecule is C=C(F)C(=O)N1CCN(c2nc(OCC34CCCN3C[C@H](F)C4)nc3cc(-c4cccc5c4[C@@H]4CC4C5)ccc23)C[C@@H]1CC#N. The van der Waals surface area contributed by atoms with Crippen LogP contribution in [0.5, 0.6) is 6.01 Å². The minimum Gasteiger partial charge on any atom is -0.461 e. The van der Waals surface area contributed by atoms with E-state index in [0.717, 1.165) is 48.2 Å². The number of fused-ring (bicyclic) bond motifs is 5. The summed E-state index contributed by atoms with van der Waals surface area (Å²) in [7, 11) is 0. The lowest BCUT2D eigenvalue weighted by atomic mass is 9.94. The number of carbonyl (C=O) groups excluding carboxylic acids is 1. The summed E-state index contributed by atoms with van der Waals surface area (Å²) in [5.41, 5.74) is 5.64. The lowest BCUT2D eigenvalue weighted by molar-refractivity contribution is -0.131. The predicted molar refractivity (Wildman–Crippen MR) is 166 cm³/mol. The van der Waals surface area contributed by atoms with E-state index < -0.39 is 23.9 Å². The van der Waals surface area contributed by atoms with Crippen molar-refractivity contribution < 1.29 is 18.3 Å². The Morgan fingerprint density at radius 2 is 2.07 bits per heavy atom. The first-order valence-electron chi connectivity index (χ1n) is 16.1. The normalized spacial score (nSPS) is 28.5. The van der Waals surface area contributed by atoms with E-state index in [1.807, 2.05) is 11.0 Å². The minimum absolute atomic E-state index is 0.0517. The van der Waals surface area contributed by atoms with Crippen molar-refractivity contribution in [3.05, 3.63) is 59.9 Å². The van der Waals surface area contributed by atoms with Crippen LogP contribution in [0, 0.1) is 17.2 Å². The van der Waals surface area contributed by atoms with Crippen LogP contribution in [0.4, 0.5) is 14.6 Å². The van der Waals surface area contributed by atoms with Crippen molar-refractivity contribution in [3.63, 3.8) is 0 Å². The molecule has 4 heterocycles. The minimum atomic E-state index is -1.03. The first-order valence-corrected chi connectivity index (χ1v) is 16.1. The average molecular weight is 611 g/mol. The van der Waals surface area contributed by atoms with Gasteiger partial charge in [-0.2, -0.15) is 15.2 Å². The Kier molecular flexibility index (Phi) is 6.79. The highest BCUT2D eigenvalue weighted by Crippen LogP contribution is 2.58. The quantitative estimate of drug-likeness (QED) is 0.335. The van der Waals surface area contributed by atoms with Gasteiger partial charge < -0.3 is 14.5 Å². The first-order chi connectivity index (χ1) is 21.8. The molecule has 3 aliphatic heterocycles. The van der Waals surface area contributed by atoms with E-state index in [9.17, 15) is 18.8 Å². The van der Waals surface area contributed by atoms with Gasteiger partial charge in [0.25, 0.3) is 5.91 Å². The molecule has 3 aromatic rings. The summed E-state index contributed by atoms with van der Waals surface area (Å²) in [5, 5.41) is 10.4. The van der Waals surface area contributed by atoms with Gasteiger partial charge in [0.15, 0.2) is 5.83 Å². The molecule has 1 aromatic heterocycles. The molecule has 2 unspecified atom stereocenters. The Balaban J connectivity index is 1.17. The second-order valence-corrected chi connectivity index (χ2v) is 13.5. The number of piperazine rings is 1. The van der Waals surface area contributed by atoms with Gasteiger partial charge >= 0.3 is 6.01 Å². The van der Waals surface area contributed by atoms with Crippen molar-refractivity contribution in [1.29, 1.82) is 5.26 Å². The zero-order chi connectivity index (χ0) is 30.9. The molecule has 10 heteroatoms. The maximum atomic E-state index is 14.5. The molecule has 1 saturated carbocycles. The Labute approximate surface area is 261 Å². The summed E-state index contributed by atoms with van der Waals surface area (Å²) in [6.45, 7) is 5.72. The van der Waals surface area contributed by atoms with E-state index in [4.69, 9.17) is 14.7 Å². The van der Waals surface area contributed by atoms with E-state index in [-0.39, 0.29) is 24.5 Å². The molecular formula is C35H36F2N6O2. The van der Waals surface area contributed by atoms with Crippen molar-refractivity contribution >= 4 is 22.6 Å². The van der Waals surface area contributed by atoms with Gasteiger partial charge in [-0.3, -0.25) is 9.69 Å². The molecule has 3 saturated heterocycles. The molecule has 0 spiro atoms. The Bertz CT molecular complexity index is 1760. The van der Waals surface area contributed by atoms with Crippen LogP contribution in [-0.2, 0) is 11.2 Å². The molecule has 8 rings (SSSR count). The number of halogens is 2. The van der Waals surface area contributed by atoms with Gasteiger partial charge in [-0.05, 0) is 78.5 Å². The van der Waals surface area contributed by atoms with Crippen LogP contribution in [0.2, 0.25) is 0 Å². The van der Waals surface area contributed by atoms with Gasteiger partial charge in [0, 0.05) is 38.0 Å². The van der Waals surface area contributed by atoms with Gasteiger partial charge in [-0.15, -0.1) is 0 Å². The zero-order valence-corrected chi connectivity index (χ0v) is 25.2. The number of hydrogen-bond acceptors (Lipinski definition) is 7. The van der Waals surface area contributed by atoms with Crippen LogP contribution < -0.4 is 9.64 Å². The summed E-state index contributed by atoms with van der Waals surface area (Å²) in [6.07, 6.45) is 3.94. The fourth-order valence-electron chi connectivity index (χ4n) is 8.55. The molecule has 0 N–H and O–H groups in total. The molecule has 2 aromatic carbocycles. The smallest absolute Gasteiger partial charge is 0.319 e. The number of rotatable bonds is 7. The zero-order valence-electron chi connectivity index (χ0n) is 25.2. The maximum Gasteiger partial charge on any atom is 0.319 e. The summed E-state index contributed by atoms with van der Waals surface area (Å²) in [4.78, 5) is 28.0. The molecule has 0 bridgehead atoms. The molecule has 232 valence electrons. The molecule has 2 aliphatic carbocycles. The van der Waals surface area contributed by atoms with Crippen molar-refractivity contribution in [1.82, 2.24) is 19.8 Å². The summed E-state index contributed by atoms with van der Waals surface area (Å²) in [5.74, 6) is 0.239. The van der Waals surface area contributed by atoms with Crippen molar-refractivity contribution in [2.75, 3.05) is 44.2 Å². The highest BCUT2D eigenvalue weighted by Gasteiger charge is 2.49. The number of alkyl halides is 1. The van der Waals surface area contributed by atoms with E-state index in [0.29, 0.717) is 44.4 Å². The first kappa shape index (κ1) is 28.4. The van der Waals surface area contributed by atoms with Crippen LogP contribution in [0.3, 0.4) is 0 Å². The fraction of sp³-hybridized carbons (Fsp3) is 0.486. The van der Waals surface area contributed by atoms with Crippen molar-refractivity contribution in [2.24, 2.45) is 5.92 Å². The Morgan fingerprint density at radius 3 is 2.91 bits per heavy atom. The molecular weight excluding hydrogens is 574 g/mol. The van der Waals surface area contributed by atoms with Crippen LogP contribution in [0.15, 0.2) is 48.8 Å². The van der Waals surface area contributed by atoms with Gasteiger partial charge in [-0.1, -0.05) is 30.8 Å². The van der Waals surface area contributed by atoms with Crippen molar-refractivity contribution in [3.8, 4) is 23.2 Å². The van der Waals surface area contributed by atoms with E-state index >= 15 is 0 Å². The number of hydrogen-bond donors (Lipinski definition) is 0. The summed E-state index contributed by atoms with van der Waals surface area (Å²) in [6, 6.07) is 14.7. The summed E-state index contributed by atoms with van der Waals surface area (Å²) < 4.78 is 34.7. The monoisotopic (exact) mass is 610 g/mol. The van der Waals surface area contributed by atoms with Gasteiger partial charge in [-0.25, -0.2) is 8.78 Å². The lowest BCUT2D eigenvalue weighted by Gasteiger charge is -2.41. The molecule has 4 fully saturated rings. The number of aromatic nitrogens is 2. The third-order valence-corrected chi connectivity index (χ3v) is 10.8. The highest BCUT2D eigenvalue weighted by molar-refractivity contribution is 5.94. The predicted octanol–water partition coefficient (Wildman–Crippen LogP) is 5.33. The van der Waals surface area contributed by atoms with E-state index in [2.05, 4.69) is 47.9 Å². The van der Waals surface area contributed by atoms with Crippen LogP contribution in [0.25, 0.3) is 22.0 Å². The van der Waals surface area contributed by atoms with E-state index in [1.165, 1.54) is 28.0 Å². The number of anilines is 1.